The van der Waals surface area contributed by atoms with Gasteiger partial charge in [-0.3, -0.25) is 4.98 Å². The van der Waals surface area contributed by atoms with Crippen molar-refractivity contribution in [3.05, 3.63) is 108 Å². The first-order valence-corrected chi connectivity index (χ1v) is 7.54. The average Bonchev–Trinajstić information content (AvgIpc) is 3.01. The number of benzene rings is 2. The molecule has 4 heteroatoms. The Kier molecular flexibility index (Phi) is 8.29. The topological polar surface area (TPSA) is 12.9 Å². The van der Waals surface area contributed by atoms with Crippen LogP contribution in [0.2, 0.25) is 0 Å². The molecule has 0 aliphatic carbocycles. The molecule has 0 amide bonds. The van der Waals surface area contributed by atoms with Crippen LogP contribution in [0.5, 0.6) is 0 Å². The van der Waals surface area contributed by atoms with Crippen LogP contribution in [-0.4, -0.2) is 4.98 Å². The zero-order valence-electron chi connectivity index (χ0n) is 13.3. The molecule has 4 aromatic rings. The molecule has 0 spiro atoms. The minimum absolute atomic E-state index is 0. The summed E-state index contributed by atoms with van der Waals surface area (Å²) >= 11 is 0. The molecule has 1 aromatic heterocycles. The molecule has 1 unspecified atom stereocenters. The summed E-state index contributed by atoms with van der Waals surface area (Å²) in [7, 11) is 0. The summed E-state index contributed by atoms with van der Waals surface area (Å²) < 4.78 is 0. The van der Waals surface area contributed by atoms with E-state index in [0.29, 0.717) is 0 Å². The minimum atomic E-state index is 0. The number of hydrogen-bond acceptors (Lipinski definition) is 1. The van der Waals surface area contributed by atoms with Crippen LogP contribution in [0.25, 0.3) is 10.8 Å². The van der Waals surface area contributed by atoms with Crippen molar-refractivity contribution in [1.29, 1.82) is 0 Å². The maximum Gasteiger partial charge on any atom is 3.00 e. The SMILES string of the molecule is [Cl-].[Cl-].[Cr+3].c1ccc(C(c2ccccn2)c2c[cH-]c3ccccc23)cc1. The Morgan fingerprint density at radius 3 is 2.16 bits per heavy atom. The molecule has 0 aliphatic heterocycles. The molecule has 3 aromatic carbocycles. The van der Waals surface area contributed by atoms with Crippen molar-refractivity contribution < 1.29 is 42.2 Å². The molecule has 0 fully saturated rings. The van der Waals surface area contributed by atoms with Crippen molar-refractivity contribution in [2.45, 2.75) is 5.92 Å². The van der Waals surface area contributed by atoms with Crippen molar-refractivity contribution in [2.75, 3.05) is 0 Å². The van der Waals surface area contributed by atoms with Crippen molar-refractivity contribution in [3.63, 3.8) is 0 Å². The number of pyridine rings is 1. The van der Waals surface area contributed by atoms with E-state index in [-0.39, 0.29) is 48.1 Å². The molecular weight excluding hydrogens is 389 g/mol. The summed E-state index contributed by atoms with van der Waals surface area (Å²) in [6.07, 6.45) is 1.87. The third-order valence-corrected chi connectivity index (χ3v) is 4.14. The summed E-state index contributed by atoms with van der Waals surface area (Å²) in [5, 5.41) is 2.59. The molecule has 25 heavy (non-hydrogen) atoms. The summed E-state index contributed by atoms with van der Waals surface area (Å²) in [4.78, 5) is 4.62. The van der Waals surface area contributed by atoms with Gasteiger partial charge in [-0.1, -0.05) is 42.5 Å². The van der Waals surface area contributed by atoms with Gasteiger partial charge in [-0.15, -0.1) is 46.7 Å². The summed E-state index contributed by atoms with van der Waals surface area (Å²) in [6.45, 7) is 0. The Hall–Kier alpha value is -1.69. The molecule has 0 aliphatic rings. The molecule has 1 radical (unpaired) electrons. The maximum absolute atomic E-state index is 4.62. The van der Waals surface area contributed by atoms with Gasteiger partial charge in [-0.25, -0.2) is 0 Å². The van der Waals surface area contributed by atoms with Crippen LogP contribution >= 0.6 is 0 Å². The largest absolute Gasteiger partial charge is 3.00 e. The van der Waals surface area contributed by atoms with Gasteiger partial charge < -0.3 is 24.8 Å². The normalized spacial score (nSPS) is 10.9. The predicted octanol–water partition coefficient (Wildman–Crippen LogP) is -0.861. The quantitative estimate of drug-likeness (QED) is 0.405. The van der Waals surface area contributed by atoms with E-state index in [1.54, 1.807) is 0 Å². The Bertz CT molecular complexity index is 852. The van der Waals surface area contributed by atoms with Crippen molar-refractivity contribution in [3.8, 4) is 0 Å². The van der Waals surface area contributed by atoms with E-state index in [0.717, 1.165) is 5.69 Å². The van der Waals surface area contributed by atoms with Crippen molar-refractivity contribution >= 4 is 10.8 Å². The van der Waals surface area contributed by atoms with E-state index in [9.17, 15) is 0 Å². The molecule has 0 bridgehead atoms. The van der Waals surface area contributed by atoms with E-state index >= 15 is 0 Å². The second kappa shape index (κ2) is 9.71. The van der Waals surface area contributed by atoms with E-state index < -0.39 is 0 Å². The van der Waals surface area contributed by atoms with Crippen LogP contribution in [0.1, 0.15) is 22.7 Å². The first kappa shape index (κ1) is 21.4. The van der Waals surface area contributed by atoms with Crippen LogP contribution in [0.15, 0.2) is 91.1 Å². The Morgan fingerprint density at radius 2 is 1.44 bits per heavy atom. The van der Waals surface area contributed by atoms with E-state index in [4.69, 9.17) is 0 Å². The van der Waals surface area contributed by atoms with E-state index in [1.807, 2.05) is 12.3 Å². The van der Waals surface area contributed by atoms with Crippen LogP contribution in [-0.2, 0) is 17.4 Å². The fourth-order valence-corrected chi connectivity index (χ4v) is 3.13. The molecule has 1 nitrogen and oxygen atoms in total. The van der Waals surface area contributed by atoms with Crippen molar-refractivity contribution in [1.82, 2.24) is 4.98 Å². The van der Waals surface area contributed by atoms with Gasteiger partial charge in [0.25, 0.3) is 0 Å². The smallest absolute Gasteiger partial charge is 1.00 e. The van der Waals surface area contributed by atoms with E-state index in [2.05, 4.69) is 83.8 Å². The Labute approximate surface area is 171 Å². The summed E-state index contributed by atoms with van der Waals surface area (Å²) in [5.74, 6) is 0.169. The van der Waals surface area contributed by atoms with Gasteiger partial charge in [0.2, 0.25) is 0 Å². The number of fused-ring (bicyclic) bond motifs is 1. The monoisotopic (exact) mass is 404 g/mol. The van der Waals surface area contributed by atoms with Crippen molar-refractivity contribution in [2.24, 2.45) is 0 Å². The fourth-order valence-electron chi connectivity index (χ4n) is 3.13. The second-order valence-corrected chi connectivity index (χ2v) is 5.47. The summed E-state index contributed by atoms with van der Waals surface area (Å²) in [6, 6.07) is 29.7. The number of halogens is 2. The molecule has 1 heterocycles. The Balaban J connectivity index is 0.00000104. The predicted molar refractivity (Wildman–Crippen MR) is 91.2 cm³/mol. The summed E-state index contributed by atoms with van der Waals surface area (Å²) in [5.41, 5.74) is 3.68. The van der Waals surface area contributed by atoms with Crippen LogP contribution in [0, 0.1) is 0 Å². The molecule has 0 N–H and O–H groups in total. The van der Waals surface area contributed by atoms with Gasteiger partial charge in [0.05, 0.1) is 0 Å². The minimum Gasteiger partial charge on any atom is -1.00 e. The zero-order chi connectivity index (χ0) is 14.8. The Morgan fingerprint density at radius 1 is 0.760 bits per heavy atom. The number of hydrogen-bond donors (Lipinski definition) is 0. The third-order valence-electron chi connectivity index (χ3n) is 4.14. The second-order valence-electron chi connectivity index (χ2n) is 5.47. The van der Waals surface area contributed by atoms with Gasteiger partial charge >= 0.3 is 17.4 Å². The van der Waals surface area contributed by atoms with Gasteiger partial charge in [0.1, 0.15) is 0 Å². The average molecular weight is 405 g/mol. The van der Waals surface area contributed by atoms with Gasteiger partial charge in [-0.05, 0) is 17.7 Å². The number of rotatable bonds is 3. The number of aromatic nitrogens is 1. The zero-order valence-corrected chi connectivity index (χ0v) is 16.1. The molecule has 125 valence electrons. The first-order valence-electron chi connectivity index (χ1n) is 7.54. The van der Waals surface area contributed by atoms with Crippen LogP contribution < -0.4 is 24.8 Å². The van der Waals surface area contributed by atoms with Gasteiger partial charge in [0, 0.05) is 17.8 Å². The van der Waals surface area contributed by atoms with Crippen LogP contribution in [0.4, 0.5) is 0 Å². The molecule has 4 rings (SSSR count). The first-order chi connectivity index (χ1) is 10.9. The van der Waals surface area contributed by atoms with E-state index in [1.165, 1.54) is 21.9 Å². The van der Waals surface area contributed by atoms with Gasteiger partial charge in [-0.2, -0.15) is 0 Å². The maximum atomic E-state index is 4.62. The molecule has 0 saturated carbocycles. The van der Waals surface area contributed by atoms with Crippen LogP contribution in [0.3, 0.4) is 0 Å². The number of nitrogens with zero attached hydrogens (tertiary/aromatic N) is 1. The fraction of sp³-hybridized carbons (Fsp3) is 0.0476. The molecule has 1 atom stereocenters. The van der Waals surface area contributed by atoms with Gasteiger partial charge in [0.15, 0.2) is 0 Å². The standard InChI is InChI=1S/C21H16N.2ClH.Cr/c1-2-9-17(10-3-1)21(20-12-6-7-15-22-20)19-14-13-16-8-4-5-11-18(16)19;;;/h1-15,21H;2*1H;/q-1;;;+3/p-2. The third kappa shape index (κ3) is 4.29. The molecular formula is C21H16Cl2CrN. The molecule has 0 saturated heterocycles.